The summed E-state index contributed by atoms with van der Waals surface area (Å²) in [5.41, 5.74) is 1.77. The Labute approximate surface area is 124 Å². The summed E-state index contributed by atoms with van der Waals surface area (Å²) in [4.78, 5) is 4.11. The molecule has 0 bridgehead atoms. The number of pyridine rings is 1. The Balaban J connectivity index is 2.08. The molecule has 106 valence electrons. The first-order valence-corrected chi connectivity index (χ1v) is 6.96. The third-order valence-corrected chi connectivity index (χ3v) is 3.09. The van der Waals surface area contributed by atoms with Crippen LogP contribution in [0.4, 0.5) is 0 Å². The summed E-state index contributed by atoms with van der Waals surface area (Å²) in [5, 5.41) is 11.0. The number of halogens is 1. The van der Waals surface area contributed by atoms with E-state index in [2.05, 4.69) is 4.98 Å². The van der Waals surface area contributed by atoms with Gasteiger partial charge in [-0.15, -0.1) is 0 Å². The van der Waals surface area contributed by atoms with E-state index in [1.165, 1.54) is 0 Å². The molecule has 1 unspecified atom stereocenters. The van der Waals surface area contributed by atoms with E-state index in [0.29, 0.717) is 17.2 Å². The summed E-state index contributed by atoms with van der Waals surface area (Å²) in [5.74, 6) is 0.674. The lowest BCUT2D eigenvalue weighted by Gasteiger charge is -2.14. The molecule has 0 fully saturated rings. The van der Waals surface area contributed by atoms with Crippen LogP contribution in [-0.4, -0.2) is 16.2 Å². The fourth-order valence-corrected chi connectivity index (χ4v) is 2.04. The zero-order valence-electron chi connectivity index (χ0n) is 11.6. The maximum atomic E-state index is 10.3. The summed E-state index contributed by atoms with van der Waals surface area (Å²) in [6, 6.07) is 9.29. The van der Waals surface area contributed by atoms with E-state index >= 15 is 0 Å². The highest BCUT2D eigenvalue weighted by atomic mass is 35.5. The highest BCUT2D eigenvalue weighted by Gasteiger charge is 2.11. The molecule has 2 rings (SSSR count). The van der Waals surface area contributed by atoms with Crippen LogP contribution in [0.1, 0.15) is 31.1 Å². The molecule has 1 aromatic heterocycles. The molecule has 1 aromatic carbocycles. The van der Waals surface area contributed by atoms with Gasteiger partial charge < -0.3 is 9.84 Å². The Hall–Kier alpha value is -1.58. The van der Waals surface area contributed by atoms with Crippen molar-refractivity contribution >= 4 is 11.6 Å². The van der Waals surface area contributed by atoms with Gasteiger partial charge in [-0.05, 0) is 37.6 Å². The van der Waals surface area contributed by atoms with Gasteiger partial charge in [-0.3, -0.25) is 4.98 Å². The maximum Gasteiger partial charge on any atom is 0.138 e. The van der Waals surface area contributed by atoms with Crippen molar-refractivity contribution in [3.05, 3.63) is 58.9 Å². The predicted molar refractivity (Wildman–Crippen MR) is 80.1 cm³/mol. The average Bonchev–Trinajstić information content (AvgIpc) is 2.41. The lowest BCUT2D eigenvalue weighted by atomic mass is 10.0. The molecular weight excluding hydrogens is 274 g/mol. The van der Waals surface area contributed by atoms with Crippen LogP contribution in [0.15, 0.2) is 42.7 Å². The summed E-state index contributed by atoms with van der Waals surface area (Å²) in [7, 11) is 0. The van der Waals surface area contributed by atoms with Crippen molar-refractivity contribution in [1.82, 2.24) is 4.98 Å². The molecule has 0 spiro atoms. The predicted octanol–water partition coefficient (Wildman–Crippen LogP) is 3.80. The van der Waals surface area contributed by atoms with Gasteiger partial charge in [-0.25, -0.2) is 0 Å². The second-order valence-electron chi connectivity index (χ2n) is 4.97. The Morgan fingerprint density at radius 1 is 1.20 bits per heavy atom. The van der Waals surface area contributed by atoms with E-state index < -0.39 is 6.10 Å². The summed E-state index contributed by atoms with van der Waals surface area (Å²) in [6.45, 7) is 3.91. The third kappa shape index (κ3) is 4.22. The SMILES string of the molecule is CC(C)Oc1cncc(C(O)Cc2ccc(Cl)cc2)c1. The Bertz CT molecular complexity index is 555. The number of rotatable bonds is 5. The lowest BCUT2D eigenvalue weighted by Crippen LogP contribution is -2.07. The van der Waals surface area contributed by atoms with E-state index in [4.69, 9.17) is 16.3 Å². The van der Waals surface area contributed by atoms with E-state index in [-0.39, 0.29) is 6.10 Å². The molecular formula is C16H18ClNO2. The molecule has 1 heterocycles. The van der Waals surface area contributed by atoms with Gasteiger partial charge in [0, 0.05) is 23.2 Å². The first kappa shape index (κ1) is 14.8. The van der Waals surface area contributed by atoms with Crippen LogP contribution in [0.5, 0.6) is 5.75 Å². The monoisotopic (exact) mass is 291 g/mol. The van der Waals surface area contributed by atoms with Crippen LogP contribution in [-0.2, 0) is 6.42 Å². The van der Waals surface area contributed by atoms with Crippen molar-refractivity contribution in [3.63, 3.8) is 0 Å². The topological polar surface area (TPSA) is 42.4 Å². The number of nitrogens with zero attached hydrogens (tertiary/aromatic N) is 1. The number of hydrogen-bond donors (Lipinski definition) is 1. The van der Waals surface area contributed by atoms with Crippen molar-refractivity contribution in [2.75, 3.05) is 0 Å². The molecule has 1 atom stereocenters. The number of aliphatic hydroxyl groups is 1. The lowest BCUT2D eigenvalue weighted by molar-refractivity contribution is 0.176. The maximum absolute atomic E-state index is 10.3. The number of ether oxygens (including phenoxy) is 1. The van der Waals surface area contributed by atoms with Gasteiger partial charge in [0.05, 0.1) is 18.4 Å². The first-order chi connectivity index (χ1) is 9.54. The quantitative estimate of drug-likeness (QED) is 0.911. The van der Waals surface area contributed by atoms with Gasteiger partial charge in [0.2, 0.25) is 0 Å². The number of hydrogen-bond acceptors (Lipinski definition) is 3. The van der Waals surface area contributed by atoms with E-state index in [1.807, 2.05) is 44.2 Å². The molecule has 4 heteroatoms. The van der Waals surface area contributed by atoms with Crippen LogP contribution in [0, 0.1) is 0 Å². The molecule has 20 heavy (non-hydrogen) atoms. The van der Waals surface area contributed by atoms with Crippen LogP contribution in [0.3, 0.4) is 0 Å². The van der Waals surface area contributed by atoms with Crippen molar-refractivity contribution in [2.24, 2.45) is 0 Å². The molecule has 0 aliphatic heterocycles. The number of aliphatic hydroxyl groups excluding tert-OH is 1. The third-order valence-electron chi connectivity index (χ3n) is 2.83. The zero-order chi connectivity index (χ0) is 14.5. The van der Waals surface area contributed by atoms with Gasteiger partial charge in [-0.1, -0.05) is 23.7 Å². The van der Waals surface area contributed by atoms with E-state index in [0.717, 1.165) is 11.1 Å². The minimum atomic E-state index is -0.612. The molecule has 0 amide bonds. The highest BCUT2D eigenvalue weighted by molar-refractivity contribution is 6.30. The Morgan fingerprint density at radius 3 is 2.55 bits per heavy atom. The Kier molecular flexibility index (Phi) is 4.99. The van der Waals surface area contributed by atoms with E-state index in [9.17, 15) is 5.11 Å². The van der Waals surface area contributed by atoms with Crippen molar-refractivity contribution in [3.8, 4) is 5.75 Å². The highest BCUT2D eigenvalue weighted by Crippen LogP contribution is 2.22. The van der Waals surface area contributed by atoms with E-state index in [1.54, 1.807) is 12.4 Å². The van der Waals surface area contributed by atoms with Gasteiger partial charge in [-0.2, -0.15) is 0 Å². The van der Waals surface area contributed by atoms with Crippen LogP contribution in [0.25, 0.3) is 0 Å². The molecule has 1 N–H and O–H groups in total. The number of aromatic nitrogens is 1. The van der Waals surface area contributed by atoms with Crippen molar-refractivity contribution in [2.45, 2.75) is 32.5 Å². The van der Waals surface area contributed by atoms with Crippen molar-refractivity contribution < 1.29 is 9.84 Å². The summed E-state index contributed by atoms with van der Waals surface area (Å²) < 4.78 is 5.58. The minimum Gasteiger partial charge on any atom is -0.489 e. The largest absolute Gasteiger partial charge is 0.489 e. The molecule has 0 aliphatic rings. The average molecular weight is 292 g/mol. The molecule has 0 aliphatic carbocycles. The minimum absolute atomic E-state index is 0.0838. The van der Waals surface area contributed by atoms with Gasteiger partial charge >= 0.3 is 0 Å². The molecule has 0 radical (unpaired) electrons. The first-order valence-electron chi connectivity index (χ1n) is 6.58. The van der Waals surface area contributed by atoms with Crippen molar-refractivity contribution in [1.29, 1.82) is 0 Å². The molecule has 3 nitrogen and oxygen atoms in total. The van der Waals surface area contributed by atoms with Crippen LogP contribution < -0.4 is 4.74 Å². The number of benzene rings is 1. The molecule has 2 aromatic rings. The molecule has 0 saturated carbocycles. The molecule has 0 saturated heterocycles. The smallest absolute Gasteiger partial charge is 0.138 e. The standard InChI is InChI=1S/C16H18ClNO2/c1-11(2)20-15-8-13(9-18-10-15)16(19)7-12-3-5-14(17)6-4-12/h3-6,8-11,16,19H,7H2,1-2H3. The second kappa shape index (κ2) is 6.73. The van der Waals surface area contributed by atoms with Gasteiger partial charge in [0.25, 0.3) is 0 Å². The van der Waals surface area contributed by atoms with Gasteiger partial charge in [0.1, 0.15) is 5.75 Å². The summed E-state index contributed by atoms with van der Waals surface area (Å²) >= 11 is 5.85. The fraction of sp³-hybridized carbons (Fsp3) is 0.312. The van der Waals surface area contributed by atoms with Crippen LogP contribution in [0.2, 0.25) is 5.02 Å². The Morgan fingerprint density at radius 2 is 1.90 bits per heavy atom. The second-order valence-corrected chi connectivity index (χ2v) is 5.40. The van der Waals surface area contributed by atoms with Gasteiger partial charge in [0.15, 0.2) is 0 Å². The summed E-state index contributed by atoms with van der Waals surface area (Å²) in [6.07, 6.45) is 3.30. The fourth-order valence-electron chi connectivity index (χ4n) is 1.92. The normalized spacial score (nSPS) is 12.4. The zero-order valence-corrected chi connectivity index (χ0v) is 12.3. The van der Waals surface area contributed by atoms with Crippen LogP contribution >= 0.6 is 11.6 Å².